The molecule has 0 radical (unpaired) electrons. The first-order valence-corrected chi connectivity index (χ1v) is 8.03. The SMILES string of the molecule is CCCn1c(C)nnc1S[C@H](C#N)Cc1ccc(C)cc1. The van der Waals surface area contributed by atoms with Crippen LogP contribution in [0.5, 0.6) is 0 Å². The monoisotopic (exact) mass is 300 g/mol. The second-order valence-electron chi connectivity index (χ2n) is 5.11. The molecule has 110 valence electrons. The average molecular weight is 300 g/mol. The number of rotatable bonds is 6. The maximum atomic E-state index is 9.40. The summed E-state index contributed by atoms with van der Waals surface area (Å²) in [4.78, 5) is 0. The van der Waals surface area contributed by atoms with E-state index in [-0.39, 0.29) is 5.25 Å². The van der Waals surface area contributed by atoms with Gasteiger partial charge in [0.15, 0.2) is 5.16 Å². The molecule has 0 N–H and O–H groups in total. The molecule has 0 bridgehead atoms. The van der Waals surface area contributed by atoms with E-state index in [0.717, 1.165) is 30.4 Å². The Labute approximate surface area is 130 Å². The van der Waals surface area contributed by atoms with E-state index in [9.17, 15) is 5.26 Å². The predicted molar refractivity (Wildman–Crippen MR) is 85.2 cm³/mol. The fourth-order valence-electron chi connectivity index (χ4n) is 2.11. The van der Waals surface area contributed by atoms with Crippen molar-refractivity contribution in [3.63, 3.8) is 0 Å². The number of nitrogens with zero attached hydrogens (tertiary/aromatic N) is 4. The van der Waals surface area contributed by atoms with Gasteiger partial charge in [0.2, 0.25) is 0 Å². The van der Waals surface area contributed by atoms with Gasteiger partial charge in [-0.3, -0.25) is 0 Å². The van der Waals surface area contributed by atoms with Crippen LogP contribution in [0.25, 0.3) is 0 Å². The van der Waals surface area contributed by atoms with Gasteiger partial charge in [-0.2, -0.15) is 5.26 Å². The van der Waals surface area contributed by atoms with Gasteiger partial charge in [0, 0.05) is 6.54 Å². The van der Waals surface area contributed by atoms with Gasteiger partial charge in [-0.1, -0.05) is 48.5 Å². The number of hydrogen-bond acceptors (Lipinski definition) is 4. The number of thioether (sulfide) groups is 1. The van der Waals surface area contributed by atoms with Crippen LogP contribution in [-0.2, 0) is 13.0 Å². The topological polar surface area (TPSA) is 54.5 Å². The largest absolute Gasteiger partial charge is 0.306 e. The molecule has 4 nitrogen and oxygen atoms in total. The maximum absolute atomic E-state index is 9.40. The number of aromatic nitrogens is 3. The van der Waals surface area contributed by atoms with Gasteiger partial charge in [0.1, 0.15) is 11.1 Å². The zero-order valence-electron chi connectivity index (χ0n) is 12.7. The minimum absolute atomic E-state index is 0.146. The Balaban J connectivity index is 2.09. The number of nitriles is 1. The Kier molecular flexibility index (Phi) is 5.40. The molecule has 2 rings (SSSR count). The van der Waals surface area contributed by atoms with E-state index >= 15 is 0 Å². The summed E-state index contributed by atoms with van der Waals surface area (Å²) < 4.78 is 2.09. The maximum Gasteiger partial charge on any atom is 0.192 e. The molecule has 0 saturated heterocycles. The van der Waals surface area contributed by atoms with Gasteiger partial charge in [-0.15, -0.1) is 10.2 Å². The number of aryl methyl sites for hydroxylation is 2. The molecule has 1 aromatic heterocycles. The quantitative estimate of drug-likeness (QED) is 0.766. The Morgan fingerprint density at radius 2 is 1.95 bits per heavy atom. The van der Waals surface area contributed by atoms with Gasteiger partial charge in [0.25, 0.3) is 0 Å². The van der Waals surface area contributed by atoms with Crippen molar-refractivity contribution in [1.82, 2.24) is 14.8 Å². The van der Waals surface area contributed by atoms with Crippen LogP contribution in [0.2, 0.25) is 0 Å². The van der Waals surface area contributed by atoms with Crippen LogP contribution >= 0.6 is 11.8 Å². The second kappa shape index (κ2) is 7.28. The highest BCUT2D eigenvalue weighted by atomic mass is 32.2. The normalized spacial score (nSPS) is 12.1. The van der Waals surface area contributed by atoms with Crippen molar-refractivity contribution in [2.24, 2.45) is 0 Å². The first-order chi connectivity index (χ1) is 10.1. The summed E-state index contributed by atoms with van der Waals surface area (Å²) >= 11 is 1.50. The summed E-state index contributed by atoms with van der Waals surface area (Å²) in [5.41, 5.74) is 2.41. The van der Waals surface area contributed by atoms with Crippen molar-refractivity contribution in [2.45, 2.75) is 50.6 Å². The molecule has 0 saturated carbocycles. The molecule has 1 heterocycles. The van der Waals surface area contributed by atoms with Crippen LogP contribution in [0.1, 0.15) is 30.3 Å². The van der Waals surface area contributed by atoms with Gasteiger partial charge >= 0.3 is 0 Å². The molecule has 5 heteroatoms. The van der Waals surface area contributed by atoms with Crippen molar-refractivity contribution in [2.75, 3.05) is 0 Å². The highest BCUT2D eigenvalue weighted by Crippen LogP contribution is 2.25. The molecule has 0 aliphatic rings. The standard InChI is InChI=1S/C16H20N4S/c1-4-9-20-13(3)18-19-16(20)21-15(11-17)10-14-7-5-12(2)6-8-14/h5-8,15H,4,9-10H2,1-3H3/t15-/m0/s1. The third kappa shape index (κ3) is 4.08. The van der Waals surface area contributed by atoms with Gasteiger partial charge in [-0.25, -0.2) is 0 Å². The average Bonchev–Trinajstić information content (AvgIpc) is 2.82. The predicted octanol–water partition coefficient (Wildman–Crippen LogP) is 3.53. The summed E-state index contributed by atoms with van der Waals surface area (Å²) in [6.45, 7) is 7.04. The van der Waals surface area contributed by atoms with Crippen molar-refractivity contribution in [3.8, 4) is 6.07 Å². The zero-order valence-corrected chi connectivity index (χ0v) is 13.5. The zero-order chi connectivity index (χ0) is 15.2. The number of hydrogen-bond donors (Lipinski definition) is 0. The van der Waals surface area contributed by atoms with Gasteiger partial charge in [-0.05, 0) is 32.3 Å². The Hall–Kier alpha value is -1.80. The van der Waals surface area contributed by atoms with E-state index in [4.69, 9.17) is 0 Å². The molecule has 0 amide bonds. The lowest BCUT2D eigenvalue weighted by atomic mass is 10.1. The summed E-state index contributed by atoms with van der Waals surface area (Å²) in [6, 6.07) is 10.7. The first-order valence-electron chi connectivity index (χ1n) is 7.15. The summed E-state index contributed by atoms with van der Waals surface area (Å²) in [5, 5.41) is 18.4. The fraction of sp³-hybridized carbons (Fsp3) is 0.438. The van der Waals surface area contributed by atoms with Crippen molar-refractivity contribution in [1.29, 1.82) is 5.26 Å². The molecule has 21 heavy (non-hydrogen) atoms. The molecule has 0 fully saturated rings. The Morgan fingerprint density at radius 1 is 1.24 bits per heavy atom. The fourth-order valence-corrected chi connectivity index (χ4v) is 3.13. The smallest absolute Gasteiger partial charge is 0.192 e. The lowest BCUT2D eigenvalue weighted by Crippen LogP contribution is -2.08. The molecule has 0 aliphatic heterocycles. The highest BCUT2D eigenvalue weighted by molar-refractivity contribution is 8.00. The van der Waals surface area contributed by atoms with Crippen molar-refractivity contribution >= 4 is 11.8 Å². The third-order valence-electron chi connectivity index (χ3n) is 3.28. The molecule has 2 aromatic rings. The summed E-state index contributed by atoms with van der Waals surface area (Å²) in [6.07, 6.45) is 1.75. The molecule has 1 aromatic carbocycles. The van der Waals surface area contributed by atoms with Gasteiger partial charge in [0.05, 0.1) is 6.07 Å². The van der Waals surface area contributed by atoms with E-state index in [1.165, 1.54) is 22.9 Å². The van der Waals surface area contributed by atoms with Crippen LogP contribution in [-0.4, -0.2) is 20.0 Å². The van der Waals surface area contributed by atoms with Crippen LogP contribution in [0.4, 0.5) is 0 Å². The van der Waals surface area contributed by atoms with E-state index in [1.807, 2.05) is 6.92 Å². The molecular formula is C16H20N4S. The van der Waals surface area contributed by atoms with Gasteiger partial charge < -0.3 is 4.57 Å². The van der Waals surface area contributed by atoms with E-state index in [2.05, 4.69) is 58.9 Å². The molecule has 1 atom stereocenters. The number of benzene rings is 1. The molecule has 0 spiro atoms. The first kappa shape index (κ1) is 15.6. The van der Waals surface area contributed by atoms with Crippen LogP contribution < -0.4 is 0 Å². The minimum Gasteiger partial charge on any atom is -0.306 e. The molecule has 0 aliphatic carbocycles. The van der Waals surface area contributed by atoms with Crippen LogP contribution in [0.15, 0.2) is 29.4 Å². The third-order valence-corrected chi connectivity index (χ3v) is 4.35. The van der Waals surface area contributed by atoms with E-state index in [0.29, 0.717) is 0 Å². The summed E-state index contributed by atoms with van der Waals surface area (Å²) in [7, 11) is 0. The van der Waals surface area contributed by atoms with Crippen LogP contribution in [0, 0.1) is 25.2 Å². The summed E-state index contributed by atoms with van der Waals surface area (Å²) in [5.74, 6) is 0.909. The van der Waals surface area contributed by atoms with Crippen molar-refractivity contribution < 1.29 is 0 Å². The lowest BCUT2D eigenvalue weighted by molar-refractivity contribution is 0.605. The van der Waals surface area contributed by atoms with E-state index < -0.39 is 0 Å². The Bertz CT molecular complexity index is 625. The van der Waals surface area contributed by atoms with Crippen molar-refractivity contribution in [3.05, 3.63) is 41.2 Å². The van der Waals surface area contributed by atoms with Crippen LogP contribution in [0.3, 0.4) is 0 Å². The lowest BCUT2D eigenvalue weighted by Gasteiger charge is -2.10. The second-order valence-corrected chi connectivity index (χ2v) is 6.28. The molecular weight excluding hydrogens is 280 g/mol. The highest BCUT2D eigenvalue weighted by Gasteiger charge is 2.16. The molecule has 0 unspecified atom stereocenters. The van der Waals surface area contributed by atoms with E-state index in [1.54, 1.807) is 0 Å². The Morgan fingerprint density at radius 3 is 2.57 bits per heavy atom. The minimum atomic E-state index is -0.146.